The maximum Gasteiger partial charge on any atom is 0.0918 e. The van der Waals surface area contributed by atoms with Crippen LogP contribution in [0.5, 0.6) is 0 Å². The Kier molecular flexibility index (Phi) is 4.13. The number of hydrogen-bond acceptors (Lipinski definition) is 2. The Morgan fingerprint density at radius 1 is 1.62 bits per heavy atom. The molecule has 0 fully saturated rings. The lowest BCUT2D eigenvalue weighted by molar-refractivity contribution is 0.831. The molecule has 0 spiro atoms. The van der Waals surface area contributed by atoms with E-state index in [1.165, 1.54) is 0 Å². The molecule has 0 aromatic rings. The third-order valence-electron chi connectivity index (χ3n) is 0.805. The van der Waals surface area contributed by atoms with E-state index >= 15 is 0 Å². The average molecular weight is 114 g/mol. The summed E-state index contributed by atoms with van der Waals surface area (Å²) in [6.45, 7) is 4.99. The molecule has 8 heavy (non-hydrogen) atoms. The minimum Gasteiger partial charge on any atom is -0.386 e. The van der Waals surface area contributed by atoms with Crippen LogP contribution in [0.1, 0.15) is 20.3 Å². The van der Waals surface area contributed by atoms with Gasteiger partial charge in [-0.2, -0.15) is 0 Å². The van der Waals surface area contributed by atoms with Crippen LogP contribution in [0.15, 0.2) is 11.9 Å². The topological polar surface area (TPSA) is 38.0 Å². The third-order valence-corrected chi connectivity index (χ3v) is 0.805. The monoisotopic (exact) mass is 114 g/mol. The van der Waals surface area contributed by atoms with Crippen molar-refractivity contribution in [2.24, 2.45) is 5.73 Å². The van der Waals surface area contributed by atoms with Crippen molar-refractivity contribution in [1.29, 1.82) is 0 Å². The van der Waals surface area contributed by atoms with Crippen molar-refractivity contribution in [3.63, 3.8) is 0 Å². The molecule has 0 saturated carbocycles. The van der Waals surface area contributed by atoms with Gasteiger partial charge in [-0.25, -0.2) is 0 Å². The van der Waals surface area contributed by atoms with E-state index in [1.54, 1.807) is 0 Å². The maximum absolute atomic E-state index is 5.44. The molecule has 0 bridgehead atoms. The number of allylic oxidation sites excluding steroid dienone is 1. The Morgan fingerprint density at radius 2 is 2.25 bits per heavy atom. The second-order valence-electron chi connectivity index (χ2n) is 1.60. The molecule has 0 aromatic heterocycles. The maximum atomic E-state index is 5.44. The summed E-state index contributed by atoms with van der Waals surface area (Å²) >= 11 is 0. The van der Waals surface area contributed by atoms with Gasteiger partial charge in [0.25, 0.3) is 0 Å². The molecule has 48 valence electrons. The highest BCUT2D eigenvalue weighted by molar-refractivity contribution is 4.91. The molecule has 0 unspecified atom stereocenters. The minimum absolute atomic E-state index is 0.787. The molecule has 0 aliphatic heterocycles. The van der Waals surface area contributed by atoms with Gasteiger partial charge in [-0.3, -0.25) is 0 Å². The van der Waals surface area contributed by atoms with Crippen LogP contribution in [0.3, 0.4) is 0 Å². The Balaban J connectivity index is 3.29. The van der Waals surface area contributed by atoms with Crippen molar-refractivity contribution in [2.75, 3.05) is 6.54 Å². The Labute approximate surface area is 50.8 Å². The van der Waals surface area contributed by atoms with Gasteiger partial charge < -0.3 is 11.1 Å². The summed E-state index contributed by atoms with van der Waals surface area (Å²) in [5.41, 5.74) is 5.44. The van der Waals surface area contributed by atoms with Gasteiger partial charge >= 0.3 is 0 Å². The van der Waals surface area contributed by atoms with E-state index in [0.717, 1.165) is 18.8 Å². The molecule has 0 atom stereocenters. The highest BCUT2D eigenvalue weighted by atomic mass is 15.0. The summed E-state index contributed by atoms with van der Waals surface area (Å²) in [5, 5.41) is 2.99. The number of rotatable bonds is 3. The van der Waals surface area contributed by atoms with Gasteiger partial charge in [0.05, 0.1) is 5.82 Å². The van der Waals surface area contributed by atoms with Crippen LogP contribution in [-0.4, -0.2) is 6.54 Å². The van der Waals surface area contributed by atoms with Crippen LogP contribution in [0.2, 0.25) is 0 Å². The van der Waals surface area contributed by atoms with E-state index in [-0.39, 0.29) is 0 Å². The first-order chi connectivity index (χ1) is 3.81. The van der Waals surface area contributed by atoms with Crippen molar-refractivity contribution in [2.45, 2.75) is 20.3 Å². The predicted octanol–water partition coefficient (Wildman–Crippen LogP) is 0.806. The number of hydrogen-bond donors (Lipinski definition) is 2. The summed E-state index contributed by atoms with van der Waals surface area (Å²) in [6.07, 6.45) is 2.96. The molecular weight excluding hydrogens is 100 g/mol. The first-order valence-electron chi connectivity index (χ1n) is 3.00. The molecule has 0 radical (unpaired) electrons. The molecule has 0 aromatic carbocycles. The van der Waals surface area contributed by atoms with Crippen molar-refractivity contribution >= 4 is 0 Å². The molecule has 2 heteroatoms. The fraction of sp³-hybridized carbons (Fsp3) is 0.667. The summed E-state index contributed by atoms with van der Waals surface area (Å²) < 4.78 is 0. The van der Waals surface area contributed by atoms with Gasteiger partial charge in [0.15, 0.2) is 0 Å². The highest BCUT2D eigenvalue weighted by Gasteiger charge is 1.79. The molecule has 0 heterocycles. The van der Waals surface area contributed by atoms with Crippen LogP contribution < -0.4 is 11.1 Å². The Bertz CT molecular complexity index is 76.6. The first kappa shape index (κ1) is 7.34. The number of nitrogens with two attached hydrogens (primary N) is 1. The molecule has 3 N–H and O–H groups in total. The van der Waals surface area contributed by atoms with Gasteiger partial charge in [-0.1, -0.05) is 6.92 Å². The summed E-state index contributed by atoms with van der Waals surface area (Å²) in [5.74, 6) is 0.787. The molecular formula is C6H14N2. The third kappa shape index (κ3) is 3.53. The Hall–Kier alpha value is -0.660. The fourth-order valence-corrected chi connectivity index (χ4v) is 0.496. The van der Waals surface area contributed by atoms with E-state index in [9.17, 15) is 0 Å². The van der Waals surface area contributed by atoms with E-state index < -0.39 is 0 Å². The lowest BCUT2D eigenvalue weighted by atomic mass is 10.4. The minimum atomic E-state index is 0.787. The largest absolute Gasteiger partial charge is 0.386 e. The molecule has 2 nitrogen and oxygen atoms in total. The van der Waals surface area contributed by atoms with Gasteiger partial charge in [0.1, 0.15) is 0 Å². The summed E-state index contributed by atoms with van der Waals surface area (Å²) in [4.78, 5) is 0. The van der Waals surface area contributed by atoms with Gasteiger partial charge in [0, 0.05) is 6.54 Å². The van der Waals surface area contributed by atoms with Gasteiger partial charge in [-0.05, 0) is 19.4 Å². The van der Waals surface area contributed by atoms with Crippen molar-refractivity contribution < 1.29 is 0 Å². The average Bonchev–Trinajstić information content (AvgIpc) is 1.68. The molecule has 0 amide bonds. The fourth-order valence-electron chi connectivity index (χ4n) is 0.496. The van der Waals surface area contributed by atoms with E-state index in [2.05, 4.69) is 12.2 Å². The van der Waals surface area contributed by atoms with Crippen LogP contribution in [0.25, 0.3) is 0 Å². The van der Waals surface area contributed by atoms with E-state index in [4.69, 9.17) is 5.73 Å². The normalized spacial score (nSPS) is 11.5. The lowest BCUT2D eigenvalue weighted by Crippen LogP contribution is -2.18. The quantitative estimate of drug-likeness (QED) is 0.569. The lowest BCUT2D eigenvalue weighted by Gasteiger charge is -1.99. The smallest absolute Gasteiger partial charge is 0.0918 e. The zero-order chi connectivity index (χ0) is 6.41. The van der Waals surface area contributed by atoms with E-state index in [0.29, 0.717) is 0 Å². The van der Waals surface area contributed by atoms with Crippen molar-refractivity contribution in [3.05, 3.63) is 11.9 Å². The first-order valence-corrected chi connectivity index (χ1v) is 3.00. The molecule has 0 saturated heterocycles. The van der Waals surface area contributed by atoms with Gasteiger partial charge in [-0.15, -0.1) is 0 Å². The number of nitrogens with one attached hydrogen (secondary N) is 1. The predicted molar refractivity (Wildman–Crippen MR) is 36.2 cm³/mol. The zero-order valence-corrected chi connectivity index (χ0v) is 5.57. The zero-order valence-electron chi connectivity index (χ0n) is 5.57. The molecule has 0 aliphatic carbocycles. The Morgan fingerprint density at radius 3 is 2.62 bits per heavy atom. The van der Waals surface area contributed by atoms with Crippen molar-refractivity contribution in [1.82, 2.24) is 5.32 Å². The van der Waals surface area contributed by atoms with Crippen LogP contribution in [0.4, 0.5) is 0 Å². The van der Waals surface area contributed by atoms with E-state index in [1.807, 2.05) is 13.0 Å². The molecule has 0 rings (SSSR count). The van der Waals surface area contributed by atoms with Crippen LogP contribution in [0, 0.1) is 0 Å². The van der Waals surface area contributed by atoms with Crippen molar-refractivity contribution in [3.8, 4) is 0 Å². The van der Waals surface area contributed by atoms with Gasteiger partial charge in [0.2, 0.25) is 0 Å². The second-order valence-corrected chi connectivity index (χ2v) is 1.60. The molecule has 0 aliphatic rings. The standard InChI is InChI=1S/C6H14N2/c1-3-5-6(7)8-4-2/h5,8H,3-4,7H2,1-2H3/b6-5-. The van der Waals surface area contributed by atoms with Crippen LogP contribution in [-0.2, 0) is 0 Å². The summed E-state index contributed by atoms with van der Waals surface area (Å²) in [6, 6.07) is 0. The van der Waals surface area contributed by atoms with Crippen LogP contribution >= 0.6 is 0 Å². The summed E-state index contributed by atoms with van der Waals surface area (Å²) in [7, 11) is 0. The second kappa shape index (κ2) is 4.50. The SMILES string of the molecule is CC/C=C(/N)NCC. The highest BCUT2D eigenvalue weighted by Crippen LogP contribution is 1.80.